The molecule has 0 aliphatic heterocycles. The van der Waals surface area contributed by atoms with Gasteiger partial charge in [-0.2, -0.15) is 0 Å². The molecule has 0 bridgehead atoms. The number of carbonyl (C=O) groups excluding carboxylic acids is 1. The van der Waals surface area contributed by atoms with Gasteiger partial charge in [0.25, 0.3) is 0 Å². The zero-order valence-corrected chi connectivity index (χ0v) is 13.7. The molecule has 0 saturated heterocycles. The molecule has 1 fully saturated rings. The first-order valence-corrected chi connectivity index (χ1v) is 8.98. The molecular formula is C20H19NOS. The Hall–Kier alpha value is -2.13. The van der Waals surface area contributed by atoms with Crippen LogP contribution < -0.4 is 5.32 Å². The van der Waals surface area contributed by atoms with Crippen molar-refractivity contribution in [3.63, 3.8) is 0 Å². The molecule has 0 radical (unpaired) electrons. The van der Waals surface area contributed by atoms with Crippen molar-refractivity contribution in [1.82, 2.24) is 5.32 Å². The Kier molecular flexibility index (Phi) is 3.88. The Bertz CT molecular complexity index is 824. The predicted molar refractivity (Wildman–Crippen MR) is 95.8 cm³/mol. The number of hydrogen-bond acceptors (Lipinski definition) is 2. The fourth-order valence-electron chi connectivity index (χ4n) is 3.23. The summed E-state index contributed by atoms with van der Waals surface area (Å²) in [5.74, 6) is 0.785. The van der Waals surface area contributed by atoms with E-state index in [1.165, 1.54) is 21.2 Å². The highest BCUT2D eigenvalue weighted by Crippen LogP contribution is 2.47. The number of rotatable bonds is 5. The van der Waals surface area contributed by atoms with Gasteiger partial charge >= 0.3 is 0 Å². The molecular weight excluding hydrogens is 302 g/mol. The molecule has 1 aromatic heterocycles. The second-order valence-electron chi connectivity index (χ2n) is 6.16. The van der Waals surface area contributed by atoms with Crippen LogP contribution in [0.15, 0.2) is 60.0 Å². The third-order valence-electron chi connectivity index (χ3n) is 4.61. The van der Waals surface area contributed by atoms with Crippen LogP contribution in [0.1, 0.15) is 23.5 Å². The van der Waals surface area contributed by atoms with Gasteiger partial charge in [0.05, 0.1) is 0 Å². The molecule has 3 aromatic rings. The Labute approximate surface area is 140 Å². The maximum Gasteiger partial charge on any atom is 0.223 e. The van der Waals surface area contributed by atoms with E-state index < -0.39 is 0 Å². The molecule has 23 heavy (non-hydrogen) atoms. The lowest BCUT2D eigenvalue weighted by Gasteiger charge is -2.05. The zero-order chi connectivity index (χ0) is 15.6. The minimum atomic E-state index is 0.164. The smallest absolute Gasteiger partial charge is 0.223 e. The van der Waals surface area contributed by atoms with Gasteiger partial charge in [0, 0.05) is 17.2 Å². The summed E-state index contributed by atoms with van der Waals surface area (Å²) < 4.78 is 1.32. The van der Waals surface area contributed by atoms with Crippen molar-refractivity contribution < 1.29 is 4.79 Å². The molecule has 116 valence electrons. The lowest BCUT2D eigenvalue weighted by atomic mass is 10.1. The van der Waals surface area contributed by atoms with Gasteiger partial charge < -0.3 is 5.32 Å². The van der Waals surface area contributed by atoms with Crippen molar-refractivity contribution >= 4 is 27.3 Å². The van der Waals surface area contributed by atoms with E-state index in [1.54, 1.807) is 11.3 Å². The Morgan fingerprint density at radius 1 is 1.09 bits per heavy atom. The quantitative estimate of drug-likeness (QED) is 0.743. The van der Waals surface area contributed by atoms with Crippen LogP contribution in [0.3, 0.4) is 0 Å². The average molecular weight is 321 g/mol. The third kappa shape index (κ3) is 3.02. The standard InChI is InChI=1S/C20H19NOS/c22-20(18-12-17(18)14-6-2-1-3-7-14)21-11-10-15-13-23-19-9-5-4-8-16(15)19/h1-9,13,17-18H,10-12H2,(H,21,22). The van der Waals surface area contributed by atoms with Gasteiger partial charge in [0.1, 0.15) is 0 Å². The minimum absolute atomic E-state index is 0.164. The van der Waals surface area contributed by atoms with Gasteiger partial charge in [0.2, 0.25) is 5.91 Å². The van der Waals surface area contributed by atoms with Crippen LogP contribution in [0.2, 0.25) is 0 Å². The summed E-state index contributed by atoms with van der Waals surface area (Å²) in [7, 11) is 0. The highest BCUT2D eigenvalue weighted by Gasteiger charge is 2.43. The second-order valence-corrected chi connectivity index (χ2v) is 7.07. The van der Waals surface area contributed by atoms with E-state index in [1.807, 2.05) is 18.2 Å². The lowest BCUT2D eigenvalue weighted by molar-refractivity contribution is -0.122. The first-order chi connectivity index (χ1) is 11.3. The molecule has 2 aromatic carbocycles. The van der Waals surface area contributed by atoms with Crippen molar-refractivity contribution in [3.05, 3.63) is 71.1 Å². The molecule has 2 unspecified atom stereocenters. The molecule has 1 amide bonds. The molecule has 0 spiro atoms. The van der Waals surface area contributed by atoms with E-state index in [4.69, 9.17) is 0 Å². The van der Waals surface area contributed by atoms with Crippen molar-refractivity contribution in [2.45, 2.75) is 18.8 Å². The largest absolute Gasteiger partial charge is 0.356 e. The Morgan fingerprint density at radius 3 is 2.74 bits per heavy atom. The summed E-state index contributed by atoms with van der Waals surface area (Å²) >= 11 is 1.78. The molecule has 3 heteroatoms. The molecule has 4 rings (SSSR count). The molecule has 1 aliphatic rings. The SMILES string of the molecule is O=C(NCCc1csc2ccccc12)C1CC1c1ccccc1. The number of carbonyl (C=O) groups is 1. The maximum absolute atomic E-state index is 12.3. The number of hydrogen-bond donors (Lipinski definition) is 1. The molecule has 2 atom stereocenters. The first kappa shape index (κ1) is 14.5. The van der Waals surface area contributed by atoms with Gasteiger partial charge in [0.15, 0.2) is 0 Å². The van der Waals surface area contributed by atoms with Crippen LogP contribution in [0.5, 0.6) is 0 Å². The van der Waals surface area contributed by atoms with Crippen molar-refractivity contribution in [2.75, 3.05) is 6.54 Å². The summed E-state index contributed by atoms with van der Waals surface area (Å²) in [6.45, 7) is 0.720. The summed E-state index contributed by atoms with van der Waals surface area (Å²) in [6, 6.07) is 18.8. The van der Waals surface area contributed by atoms with Crippen LogP contribution >= 0.6 is 11.3 Å². The zero-order valence-electron chi connectivity index (χ0n) is 12.9. The van der Waals surface area contributed by atoms with Gasteiger partial charge in [-0.25, -0.2) is 0 Å². The van der Waals surface area contributed by atoms with Crippen LogP contribution in [-0.4, -0.2) is 12.5 Å². The number of amides is 1. The van der Waals surface area contributed by atoms with Crippen LogP contribution in [0, 0.1) is 5.92 Å². The van der Waals surface area contributed by atoms with Crippen molar-refractivity contribution in [2.24, 2.45) is 5.92 Å². The minimum Gasteiger partial charge on any atom is -0.356 e. The fourth-order valence-corrected chi connectivity index (χ4v) is 4.23. The fraction of sp³-hybridized carbons (Fsp3) is 0.250. The summed E-state index contributed by atoms with van der Waals surface area (Å²) in [5.41, 5.74) is 2.62. The van der Waals surface area contributed by atoms with Crippen LogP contribution in [0.25, 0.3) is 10.1 Å². The third-order valence-corrected chi connectivity index (χ3v) is 5.62. The Morgan fingerprint density at radius 2 is 1.87 bits per heavy atom. The van der Waals surface area contributed by atoms with Crippen molar-refractivity contribution in [1.29, 1.82) is 0 Å². The molecule has 1 aliphatic carbocycles. The van der Waals surface area contributed by atoms with Crippen molar-refractivity contribution in [3.8, 4) is 0 Å². The molecule has 1 N–H and O–H groups in total. The maximum atomic E-state index is 12.3. The molecule has 1 heterocycles. The topological polar surface area (TPSA) is 29.1 Å². The normalized spacial score (nSPS) is 19.7. The van der Waals surface area contributed by atoms with E-state index in [0.717, 1.165) is 19.4 Å². The van der Waals surface area contributed by atoms with E-state index in [-0.39, 0.29) is 11.8 Å². The number of fused-ring (bicyclic) bond motifs is 1. The summed E-state index contributed by atoms with van der Waals surface area (Å²) in [6.07, 6.45) is 1.88. The Balaban J connectivity index is 1.31. The highest BCUT2D eigenvalue weighted by molar-refractivity contribution is 7.17. The van der Waals surface area contributed by atoms with Gasteiger partial charge in [-0.3, -0.25) is 4.79 Å². The number of nitrogens with one attached hydrogen (secondary N) is 1. The van der Waals surface area contributed by atoms with Gasteiger partial charge in [-0.05, 0) is 46.7 Å². The van der Waals surface area contributed by atoms with Crippen LogP contribution in [0.4, 0.5) is 0 Å². The second kappa shape index (κ2) is 6.17. The average Bonchev–Trinajstić information content (AvgIpc) is 3.31. The van der Waals surface area contributed by atoms with E-state index in [2.05, 4.69) is 47.1 Å². The van der Waals surface area contributed by atoms with Gasteiger partial charge in [-0.1, -0.05) is 48.5 Å². The molecule has 2 nitrogen and oxygen atoms in total. The first-order valence-electron chi connectivity index (χ1n) is 8.10. The predicted octanol–water partition coefficient (Wildman–Crippen LogP) is 4.36. The number of thiophene rings is 1. The lowest BCUT2D eigenvalue weighted by Crippen LogP contribution is -2.27. The van der Waals surface area contributed by atoms with Crippen LogP contribution in [-0.2, 0) is 11.2 Å². The summed E-state index contributed by atoms with van der Waals surface area (Å²) in [4.78, 5) is 12.3. The summed E-state index contributed by atoms with van der Waals surface area (Å²) in [5, 5.41) is 6.64. The van der Waals surface area contributed by atoms with Gasteiger partial charge in [-0.15, -0.1) is 11.3 Å². The van der Waals surface area contributed by atoms with E-state index in [9.17, 15) is 4.79 Å². The van der Waals surface area contributed by atoms with E-state index >= 15 is 0 Å². The van der Waals surface area contributed by atoms with E-state index in [0.29, 0.717) is 5.92 Å². The monoisotopic (exact) mass is 321 g/mol. The number of benzene rings is 2. The highest BCUT2D eigenvalue weighted by atomic mass is 32.1. The molecule has 1 saturated carbocycles.